The lowest BCUT2D eigenvalue weighted by molar-refractivity contribution is 0.0946. The zero-order valence-electron chi connectivity index (χ0n) is 15.4. The monoisotopic (exact) mass is 379 g/mol. The summed E-state index contributed by atoms with van der Waals surface area (Å²) in [5.74, 6) is -1.49. The second-order valence-electron chi connectivity index (χ2n) is 7.36. The van der Waals surface area contributed by atoms with Crippen LogP contribution in [-0.4, -0.2) is 10.9 Å². The van der Waals surface area contributed by atoms with E-state index in [-0.39, 0.29) is 5.56 Å². The molecule has 2 atom stereocenters. The molecule has 1 aliphatic rings. The van der Waals surface area contributed by atoms with Gasteiger partial charge in [-0.25, -0.2) is 8.78 Å². The number of aryl methyl sites for hydroxylation is 1. The Hall–Kier alpha value is -3.20. The Balaban J connectivity index is 1.68. The molecular formula is C22H19F2N3O. The van der Waals surface area contributed by atoms with Gasteiger partial charge in [0.1, 0.15) is 17.7 Å². The van der Waals surface area contributed by atoms with Crippen molar-refractivity contribution in [2.24, 2.45) is 5.92 Å². The second-order valence-corrected chi connectivity index (χ2v) is 7.36. The number of halogens is 2. The lowest BCUT2D eigenvalue weighted by atomic mass is 9.87. The molecule has 4 rings (SSSR count). The molecule has 2 N–H and O–H groups in total. The average molecular weight is 379 g/mol. The number of benzene rings is 2. The maximum atomic E-state index is 14.0. The molecule has 0 bridgehead atoms. The molecule has 1 aromatic heterocycles. The van der Waals surface area contributed by atoms with Crippen LogP contribution in [0.4, 0.5) is 8.78 Å². The van der Waals surface area contributed by atoms with Crippen molar-refractivity contribution in [3.05, 3.63) is 70.4 Å². The third-order valence-corrected chi connectivity index (χ3v) is 5.39. The number of H-pyrrole nitrogens is 1. The summed E-state index contributed by atoms with van der Waals surface area (Å²) in [5, 5.41) is 13.0. The van der Waals surface area contributed by atoms with Gasteiger partial charge >= 0.3 is 0 Å². The topological polar surface area (TPSA) is 68.7 Å². The van der Waals surface area contributed by atoms with Crippen LogP contribution >= 0.6 is 0 Å². The van der Waals surface area contributed by atoms with E-state index in [0.29, 0.717) is 17.5 Å². The van der Waals surface area contributed by atoms with E-state index in [1.54, 1.807) is 6.07 Å². The molecular weight excluding hydrogens is 360 g/mol. The number of hydrogen-bond acceptors (Lipinski definition) is 2. The van der Waals surface area contributed by atoms with E-state index in [9.17, 15) is 18.8 Å². The molecule has 28 heavy (non-hydrogen) atoms. The molecule has 0 aliphatic heterocycles. The minimum absolute atomic E-state index is 0.0657. The first-order valence-corrected chi connectivity index (χ1v) is 9.25. The predicted octanol–water partition coefficient (Wildman–Crippen LogP) is 4.57. The van der Waals surface area contributed by atoms with Crippen molar-refractivity contribution >= 4 is 16.8 Å². The number of aromatic nitrogens is 1. The summed E-state index contributed by atoms with van der Waals surface area (Å²) in [6, 6.07) is 9.08. The second kappa shape index (κ2) is 7.08. The van der Waals surface area contributed by atoms with E-state index in [0.717, 1.165) is 41.9 Å². The summed E-state index contributed by atoms with van der Waals surface area (Å²) in [7, 11) is 0. The lowest BCUT2D eigenvalue weighted by Gasteiger charge is -2.17. The summed E-state index contributed by atoms with van der Waals surface area (Å²) in [6.07, 6.45) is 3.00. The van der Waals surface area contributed by atoms with Crippen molar-refractivity contribution in [3.8, 4) is 6.07 Å². The van der Waals surface area contributed by atoms with Gasteiger partial charge < -0.3 is 10.3 Å². The van der Waals surface area contributed by atoms with Gasteiger partial charge in [0.05, 0.1) is 17.1 Å². The van der Waals surface area contributed by atoms with Crippen molar-refractivity contribution < 1.29 is 13.6 Å². The van der Waals surface area contributed by atoms with Crippen LogP contribution in [0, 0.1) is 28.9 Å². The number of carbonyl (C=O) groups is 1. The van der Waals surface area contributed by atoms with Crippen LogP contribution in [0.1, 0.15) is 46.6 Å². The molecule has 2 unspecified atom stereocenters. The number of rotatable bonds is 3. The van der Waals surface area contributed by atoms with Gasteiger partial charge in [0.15, 0.2) is 0 Å². The highest BCUT2D eigenvalue weighted by Crippen LogP contribution is 2.33. The van der Waals surface area contributed by atoms with Gasteiger partial charge in [-0.1, -0.05) is 25.1 Å². The number of nitriles is 1. The fraction of sp³-hybridized carbons (Fsp3) is 0.273. The average Bonchev–Trinajstić information content (AvgIpc) is 3.04. The molecule has 142 valence electrons. The number of amides is 1. The highest BCUT2D eigenvalue weighted by Gasteiger charge is 2.24. The molecule has 0 saturated carbocycles. The highest BCUT2D eigenvalue weighted by molar-refractivity contribution is 6.07. The van der Waals surface area contributed by atoms with Crippen LogP contribution in [0.5, 0.6) is 0 Å². The number of fused-ring (bicyclic) bond motifs is 3. The summed E-state index contributed by atoms with van der Waals surface area (Å²) >= 11 is 0. The molecule has 0 fully saturated rings. The molecule has 3 aromatic rings. The number of hydrogen-bond donors (Lipinski definition) is 2. The van der Waals surface area contributed by atoms with E-state index in [1.807, 2.05) is 18.2 Å². The highest BCUT2D eigenvalue weighted by atomic mass is 19.1. The van der Waals surface area contributed by atoms with E-state index < -0.39 is 23.6 Å². The summed E-state index contributed by atoms with van der Waals surface area (Å²) in [4.78, 5) is 16.2. The minimum atomic E-state index is -1.21. The number of para-hydroxylation sites is 1. The lowest BCUT2D eigenvalue weighted by Crippen LogP contribution is -2.28. The first kappa shape index (κ1) is 18.2. The van der Waals surface area contributed by atoms with Gasteiger partial charge in [0, 0.05) is 22.7 Å². The Morgan fingerprint density at radius 3 is 2.89 bits per heavy atom. The van der Waals surface area contributed by atoms with Gasteiger partial charge in [-0.15, -0.1) is 0 Å². The first-order chi connectivity index (χ1) is 13.5. The fourth-order valence-electron chi connectivity index (χ4n) is 3.93. The normalized spacial score (nSPS) is 17.0. The van der Waals surface area contributed by atoms with E-state index in [4.69, 9.17) is 0 Å². The Kier molecular flexibility index (Phi) is 4.60. The predicted molar refractivity (Wildman–Crippen MR) is 102 cm³/mol. The SMILES string of the molecule is CC1CCc2[nH]c3c(C(=O)NC(C#N)c4ccc(F)cc4F)cccc3c2C1. The maximum Gasteiger partial charge on any atom is 0.254 e. The van der Waals surface area contributed by atoms with Crippen LogP contribution in [-0.2, 0) is 12.8 Å². The quantitative estimate of drug-likeness (QED) is 0.700. The van der Waals surface area contributed by atoms with Crippen LogP contribution in [0.3, 0.4) is 0 Å². The van der Waals surface area contributed by atoms with Gasteiger partial charge in [-0.3, -0.25) is 4.79 Å². The molecule has 1 amide bonds. The number of aromatic amines is 1. The van der Waals surface area contributed by atoms with Crippen LogP contribution in [0.15, 0.2) is 36.4 Å². The van der Waals surface area contributed by atoms with Crippen LogP contribution in [0.25, 0.3) is 10.9 Å². The van der Waals surface area contributed by atoms with Gasteiger partial charge in [0.25, 0.3) is 5.91 Å². The van der Waals surface area contributed by atoms with Crippen LogP contribution < -0.4 is 5.32 Å². The molecule has 1 heterocycles. The molecule has 1 aliphatic carbocycles. The Bertz CT molecular complexity index is 1110. The molecule has 0 radical (unpaired) electrons. The zero-order chi connectivity index (χ0) is 19.8. The fourth-order valence-corrected chi connectivity index (χ4v) is 3.93. The summed E-state index contributed by atoms with van der Waals surface area (Å²) in [5.41, 5.74) is 3.46. The molecule has 2 aromatic carbocycles. The number of nitrogens with zero attached hydrogens (tertiary/aromatic N) is 1. The standard InChI is InChI=1S/C22H19F2N3O/c1-12-5-8-19-17(9-12)14-3-2-4-16(21(14)26-19)22(28)27-20(11-25)15-7-6-13(23)10-18(15)24/h2-4,6-7,10,12,20,26H,5,8-9H2,1H3,(H,27,28). The number of nitrogens with one attached hydrogen (secondary N) is 2. The summed E-state index contributed by atoms with van der Waals surface area (Å²) in [6.45, 7) is 2.22. The Morgan fingerprint density at radius 2 is 2.14 bits per heavy atom. The first-order valence-electron chi connectivity index (χ1n) is 9.25. The van der Waals surface area contributed by atoms with Crippen LogP contribution in [0.2, 0.25) is 0 Å². The van der Waals surface area contributed by atoms with Gasteiger partial charge in [-0.05, 0) is 42.9 Å². The van der Waals surface area contributed by atoms with Crippen molar-refractivity contribution in [1.82, 2.24) is 10.3 Å². The largest absolute Gasteiger partial charge is 0.358 e. The van der Waals surface area contributed by atoms with Crippen molar-refractivity contribution in [2.45, 2.75) is 32.2 Å². The Morgan fingerprint density at radius 1 is 1.32 bits per heavy atom. The Labute approximate surface area is 161 Å². The third-order valence-electron chi connectivity index (χ3n) is 5.39. The number of carbonyl (C=O) groups excluding carboxylic acids is 1. The zero-order valence-corrected chi connectivity index (χ0v) is 15.4. The van der Waals surface area contributed by atoms with Crippen molar-refractivity contribution in [3.63, 3.8) is 0 Å². The minimum Gasteiger partial charge on any atom is -0.358 e. The molecule has 0 spiro atoms. The maximum absolute atomic E-state index is 14.0. The third kappa shape index (κ3) is 3.13. The van der Waals surface area contributed by atoms with Gasteiger partial charge in [0.2, 0.25) is 0 Å². The molecule has 6 heteroatoms. The molecule has 0 saturated heterocycles. The molecule has 4 nitrogen and oxygen atoms in total. The van der Waals surface area contributed by atoms with Crippen molar-refractivity contribution in [1.29, 1.82) is 5.26 Å². The van der Waals surface area contributed by atoms with E-state index in [1.165, 1.54) is 11.6 Å². The van der Waals surface area contributed by atoms with E-state index in [2.05, 4.69) is 17.2 Å². The smallest absolute Gasteiger partial charge is 0.254 e. The van der Waals surface area contributed by atoms with E-state index >= 15 is 0 Å². The van der Waals surface area contributed by atoms with Gasteiger partial charge in [-0.2, -0.15) is 5.26 Å². The summed E-state index contributed by atoms with van der Waals surface area (Å²) < 4.78 is 27.2. The van der Waals surface area contributed by atoms with Crippen molar-refractivity contribution in [2.75, 3.05) is 0 Å².